The SMILES string of the molecule is COc1ccnc(-c2cc(C)n(C(=O)OC(C)(C)C)n2)c1. The average Bonchev–Trinajstić information content (AvgIpc) is 2.79. The van der Waals surface area contributed by atoms with Crippen LogP contribution in [0.25, 0.3) is 11.4 Å². The molecule has 21 heavy (non-hydrogen) atoms. The molecule has 6 nitrogen and oxygen atoms in total. The summed E-state index contributed by atoms with van der Waals surface area (Å²) in [6.07, 6.45) is 1.13. The van der Waals surface area contributed by atoms with E-state index in [-0.39, 0.29) is 0 Å². The van der Waals surface area contributed by atoms with Crippen molar-refractivity contribution in [2.75, 3.05) is 7.11 Å². The van der Waals surface area contributed by atoms with Crippen LogP contribution in [0.3, 0.4) is 0 Å². The largest absolute Gasteiger partial charge is 0.497 e. The quantitative estimate of drug-likeness (QED) is 0.850. The van der Waals surface area contributed by atoms with Crippen LogP contribution < -0.4 is 4.74 Å². The highest BCUT2D eigenvalue weighted by molar-refractivity contribution is 5.72. The molecule has 2 rings (SSSR count). The van der Waals surface area contributed by atoms with Crippen molar-refractivity contribution in [3.63, 3.8) is 0 Å². The lowest BCUT2D eigenvalue weighted by Gasteiger charge is -2.19. The molecule has 2 aromatic rings. The van der Waals surface area contributed by atoms with Crippen molar-refractivity contribution >= 4 is 6.09 Å². The molecule has 0 atom stereocenters. The minimum absolute atomic E-state index is 0.505. The highest BCUT2D eigenvalue weighted by Crippen LogP contribution is 2.21. The fourth-order valence-corrected chi connectivity index (χ4v) is 1.77. The van der Waals surface area contributed by atoms with Gasteiger partial charge in [-0.15, -0.1) is 0 Å². The summed E-state index contributed by atoms with van der Waals surface area (Å²) in [5.41, 5.74) is 1.35. The van der Waals surface area contributed by atoms with E-state index in [0.29, 0.717) is 22.8 Å². The Labute approximate surface area is 123 Å². The molecule has 0 aliphatic carbocycles. The number of hydrogen-bond donors (Lipinski definition) is 0. The Balaban J connectivity index is 2.32. The fourth-order valence-electron chi connectivity index (χ4n) is 1.77. The predicted octanol–water partition coefficient (Wildman–Crippen LogP) is 3.05. The first-order chi connectivity index (χ1) is 9.80. The van der Waals surface area contributed by atoms with Gasteiger partial charge in [0.25, 0.3) is 0 Å². The number of pyridine rings is 1. The lowest BCUT2D eigenvalue weighted by Crippen LogP contribution is -2.28. The first-order valence-electron chi connectivity index (χ1n) is 6.60. The zero-order valence-corrected chi connectivity index (χ0v) is 12.9. The van der Waals surface area contributed by atoms with Crippen molar-refractivity contribution in [2.24, 2.45) is 0 Å². The van der Waals surface area contributed by atoms with E-state index in [9.17, 15) is 4.79 Å². The molecule has 0 bridgehead atoms. The molecule has 0 radical (unpaired) electrons. The van der Waals surface area contributed by atoms with Crippen LogP contribution in [-0.2, 0) is 4.74 Å². The highest BCUT2D eigenvalue weighted by Gasteiger charge is 2.21. The number of rotatable bonds is 2. The molecule has 0 N–H and O–H groups in total. The van der Waals surface area contributed by atoms with Crippen LogP contribution in [0.5, 0.6) is 5.75 Å². The Morgan fingerprint density at radius 2 is 1.95 bits per heavy atom. The zero-order chi connectivity index (χ0) is 15.6. The summed E-state index contributed by atoms with van der Waals surface area (Å²) in [4.78, 5) is 16.3. The van der Waals surface area contributed by atoms with Crippen molar-refractivity contribution in [1.82, 2.24) is 14.8 Å². The van der Waals surface area contributed by atoms with Gasteiger partial charge in [0.15, 0.2) is 0 Å². The van der Waals surface area contributed by atoms with Crippen molar-refractivity contribution in [3.05, 3.63) is 30.1 Å². The van der Waals surface area contributed by atoms with E-state index in [1.807, 2.05) is 20.8 Å². The summed E-state index contributed by atoms with van der Waals surface area (Å²) < 4.78 is 11.7. The topological polar surface area (TPSA) is 66.2 Å². The number of aryl methyl sites for hydroxylation is 1. The molecule has 0 aliphatic rings. The number of ether oxygens (including phenoxy) is 2. The van der Waals surface area contributed by atoms with E-state index in [2.05, 4.69) is 10.1 Å². The van der Waals surface area contributed by atoms with E-state index in [0.717, 1.165) is 0 Å². The highest BCUT2D eigenvalue weighted by atomic mass is 16.6. The number of hydrogen-bond acceptors (Lipinski definition) is 5. The summed E-state index contributed by atoms with van der Waals surface area (Å²) in [5.74, 6) is 0.685. The van der Waals surface area contributed by atoms with Gasteiger partial charge in [-0.1, -0.05) is 0 Å². The molecule has 112 valence electrons. The van der Waals surface area contributed by atoms with Gasteiger partial charge in [0, 0.05) is 18.0 Å². The second-order valence-electron chi connectivity index (χ2n) is 5.64. The normalized spacial score (nSPS) is 11.3. The molecule has 0 saturated carbocycles. The van der Waals surface area contributed by atoms with Crippen molar-refractivity contribution in [3.8, 4) is 17.1 Å². The molecule has 6 heteroatoms. The average molecular weight is 289 g/mol. The second kappa shape index (κ2) is 5.55. The summed E-state index contributed by atoms with van der Waals surface area (Å²) in [6, 6.07) is 5.30. The van der Waals surface area contributed by atoms with Crippen LogP contribution in [-0.4, -0.2) is 33.6 Å². The minimum Gasteiger partial charge on any atom is -0.497 e. The number of nitrogens with zero attached hydrogens (tertiary/aromatic N) is 3. The van der Waals surface area contributed by atoms with E-state index in [1.165, 1.54) is 4.68 Å². The first kappa shape index (κ1) is 15.0. The van der Waals surface area contributed by atoms with Crippen LogP contribution in [0.1, 0.15) is 26.5 Å². The Hall–Kier alpha value is -2.37. The van der Waals surface area contributed by atoms with Gasteiger partial charge >= 0.3 is 6.09 Å². The Bertz CT molecular complexity index is 656. The number of aromatic nitrogens is 3. The lowest BCUT2D eigenvalue weighted by molar-refractivity contribution is 0.0511. The van der Waals surface area contributed by atoms with Gasteiger partial charge in [-0.05, 0) is 39.8 Å². The van der Waals surface area contributed by atoms with Crippen LogP contribution >= 0.6 is 0 Å². The van der Waals surface area contributed by atoms with Gasteiger partial charge in [0.1, 0.15) is 17.0 Å². The summed E-state index contributed by atoms with van der Waals surface area (Å²) in [7, 11) is 1.59. The zero-order valence-electron chi connectivity index (χ0n) is 12.9. The third-order valence-corrected chi connectivity index (χ3v) is 2.68. The standard InChI is InChI=1S/C15H19N3O3/c1-10-8-13(12-9-11(20-5)6-7-16-12)17-18(10)14(19)21-15(2,3)4/h6-9H,1-5H3. The molecule has 0 fully saturated rings. The fraction of sp³-hybridized carbons (Fsp3) is 0.400. The lowest BCUT2D eigenvalue weighted by atomic mass is 10.2. The molecule has 0 unspecified atom stereocenters. The van der Waals surface area contributed by atoms with Crippen LogP contribution in [0.15, 0.2) is 24.4 Å². The summed E-state index contributed by atoms with van der Waals surface area (Å²) in [5, 5.41) is 4.26. The molecule has 2 heterocycles. The smallest absolute Gasteiger partial charge is 0.435 e. The van der Waals surface area contributed by atoms with Crippen LogP contribution in [0.4, 0.5) is 4.79 Å². The Morgan fingerprint density at radius 1 is 1.24 bits per heavy atom. The number of carbonyl (C=O) groups is 1. The summed E-state index contributed by atoms with van der Waals surface area (Å²) in [6.45, 7) is 7.23. The third kappa shape index (κ3) is 3.59. The van der Waals surface area contributed by atoms with E-state index >= 15 is 0 Å². The van der Waals surface area contributed by atoms with E-state index in [4.69, 9.17) is 9.47 Å². The minimum atomic E-state index is -0.566. The van der Waals surface area contributed by atoms with E-state index in [1.54, 1.807) is 38.4 Å². The van der Waals surface area contributed by atoms with Crippen LogP contribution in [0, 0.1) is 6.92 Å². The van der Waals surface area contributed by atoms with Gasteiger partial charge in [0.05, 0.1) is 12.8 Å². The Kier molecular flexibility index (Phi) is 3.97. The van der Waals surface area contributed by atoms with Gasteiger partial charge < -0.3 is 9.47 Å². The van der Waals surface area contributed by atoms with Gasteiger partial charge in [-0.3, -0.25) is 4.98 Å². The third-order valence-electron chi connectivity index (χ3n) is 2.68. The molecule has 0 aliphatic heterocycles. The first-order valence-corrected chi connectivity index (χ1v) is 6.60. The molecular formula is C15H19N3O3. The van der Waals surface area contributed by atoms with Gasteiger partial charge in [0.2, 0.25) is 0 Å². The van der Waals surface area contributed by atoms with Gasteiger partial charge in [-0.25, -0.2) is 4.79 Å². The van der Waals surface area contributed by atoms with E-state index < -0.39 is 11.7 Å². The van der Waals surface area contributed by atoms with Gasteiger partial charge in [-0.2, -0.15) is 9.78 Å². The summed E-state index contributed by atoms with van der Waals surface area (Å²) >= 11 is 0. The second-order valence-corrected chi connectivity index (χ2v) is 5.64. The van der Waals surface area contributed by atoms with Crippen molar-refractivity contribution in [2.45, 2.75) is 33.3 Å². The molecule has 2 aromatic heterocycles. The molecular weight excluding hydrogens is 270 g/mol. The predicted molar refractivity (Wildman–Crippen MR) is 78.4 cm³/mol. The monoisotopic (exact) mass is 289 g/mol. The van der Waals surface area contributed by atoms with Crippen LogP contribution in [0.2, 0.25) is 0 Å². The number of methoxy groups -OCH3 is 1. The molecule has 0 aromatic carbocycles. The molecule has 0 spiro atoms. The maximum absolute atomic E-state index is 12.1. The molecule has 0 saturated heterocycles. The maximum atomic E-state index is 12.1. The van der Waals surface area contributed by atoms with Crippen molar-refractivity contribution in [1.29, 1.82) is 0 Å². The number of carbonyl (C=O) groups excluding carboxylic acids is 1. The maximum Gasteiger partial charge on any atom is 0.435 e. The van der Waals surface area contributed by atoms with Crippen molar-refractivity contribution < 1.29 is 14.3 Å². The molecule has 0 amide bonds. The Morgan fingerprint density at radius 3 is 2.57 bits per heavy atom.